The molecule has 0 aliphatic heterocycles. The first-order valence-electron chi connectivity index (χ1n) is 9.42. The third kappa shape index (κ3) is 3.75. The highest BCUT2D eigenvalue weighted by atomic mass is 79.9. The molecule has 0 heterocycles. The molecule has 0 saturated heterocycles. The Morgan fingerprint density at radius 2 is 1.52 bits per heavy atom. The number of ether oxygens (including phenoxy) is 2. The second-order valence-electron chi connectivity index (χ2n) is 7.19. The zero-order chi connectivity index (χ0) is 20.4. The van der Waals surface area contributed by atoms with Crippen LogP contribution in [0.2, 0.25) is 0 Å². The van der Waals surface area contributed by atoms with Gasteiger partial charge in [-0.05, 0) is 60.0 Å². The molecule has 0 spiro atoms. The van der Waals surface area contributed by atoms with E-state index < -0.39 is 5.41 Å². The van der Waals surface area contributed by atoms with Gasteiger partial charge in [-0.15, -0.1) is 0 Å². The van der Waals surface area contributed by atoms with Crippen LogP contribution in [0.5, 0.6) is 11.5 Å². The van der Waals surface area contributed by atoms with E-state index in [1.165, 1.54) is 0 Å². The summed E-state index contributed by atoms with van der Waals surface area (Å²) in [6, 6.07) is 23.6. The van der Waals surface area contributed by atoms with Crippen molar-refractivity contribution in [1.82, 2.24) is 0 Å². The molecule has 1 aliphatic rings. The molecule has 1 saturated carbocycles. The van der Waals surface area contributed by atoms with Crippen LogP contribution in [-0.2, 0) is 10.2 Å². The van der Waals surface area contributed by atoms with Gasteiger partial charge in [0.2, 0.25) is 5.91 Å². The number of carbonyl (C=O) groups is 1. The maximum atomic E-state index is 13.2. The zero-order valence-corrected chi connectivity index (χ0v) is 17.9. The highest BCUT2D eigenvalue weighted by Crippen LogP contribution is 2.60. The van der Waals surface area contributed by atoms with Gasteiger partial charge >= 0.3 is 0 Å². The highest BCUT2D eigenvalue weighted by Gasteiger charge is 2.60. The molecule has 3 aromatic rings. The molecule has 0 radical (unpaired) electrons. The van der Waals surface area contributed by atoms with Gasteiger partial charge in [0.15, 0.2) is 0 Å². The molecule has 29 heavy (non-hydrogen) atoms. The predicted molar refractivity (Wildman–Crippen MR) is 118 cm³/mol. The molecule has 148 valence electrons. The average Bonchev–Trinajstić information content (AvgIpc) is 3.51. The smallest absolute Gasteiger partial charge is 0.228 e. The summed E-state index contributed by atoms with van der Waals surface area (Å²) in [7, 11) is 3.31. The minimum atomic E-state index is -0.404. The number of amides is 1. The minimum Gasteiger partial charge on any atom is -0.497 e. The van der Waals surface area contributed by atoms with Crippen LogP contribution in [0.4, 0.5) is 5.69 Å². The number of carbonyl (C=O) groups excluding carboxylic acids is 1. The molecule has 4 rings (SSSR count). The van der Waals surface area contributed by atoms with E-state index in [0.717, 1.165) is 39.2 Å². The maximum absolute atomic E-state index is 13.2. The molecule has 5 heteroatoms. The Bertz CT molecular complexity index is 1000. The van der Waals surface area contributed by atoms with Crippen LogP contribution < -0.4 is 14.8 Å². The summed E-state index contributed by atoms with van der Waals surface area (Å²) in [5, 5.41) is 3.06. The fourth-order valence-corrected chi connectivity index (χ4v) is 4.38. The van der Waals surface area contributed by atoms with E-state index in [-0.39, 0.29) is 11.8 Å². The summed E-state index contributed by atoms with van der Waals surface area (Å²) in [5.74, 6) is 1.39. The van der Waals surface area contributed by atoms with E-state index in [0.29, 0.717) is 0 Å². The minimum absolute atomic E-state index is 0.00809. The van der Waals surface area contributed by atoms with Gasteiger partial charge < -0.3 is 14.8 Å². The van der Waals surface area contributed by atoms with Gasteiger partial charge in [-0.1, -0.05) is 46.3 Å². The van der Waals surface area contributed by atoms with Crippen LogP contribution in [-0.4, -0.2) is 20.1 Å². The van der Waals surface area contributed by atoms with Gasteiger partial charge in [0.1, 0.15) is 11.5 Å². The Kier molecular flexibility index (Phi) is 5.33. The number of benzene rings is 3. The van der Waals surface area contributed by atoms with Crippen LogP contribution in [0.1, 0.15) is 17.5 Å². The van der Waals surface area contributed by atoms with Gasteiger partial charge in [0, 0.05) is 15.6 Å². The van der Waals surface area contributed by atoms with Crippen molar-refractivity contribution in [3.05, 3.63) is 88.4 Å². The van der Waals surface area contributed by atoms with Crippen molar-refractivity contribution in [1.29, 1.82) is 0 Å². The molecule has 1 aliphatic carbocycles. The SMILES string of the molecule is COc1cccc(C2(c3cccc(OC)c3)CC2C(=O)Nc2cccc(Br)c2)c1. The van der Waals surface area contributed by atoms with Crippen LogP contribution in [0.15, 0.2) is 77.3 Å². The van der Waals surface area contributed by atoms with Gasteiger partial charge in [-0.2, -0.15) is 0 Å². The lowest BCUT2D eigenvalue weighted by Gasteiger charge is -2.20. The van der Waals surface area contributed by atoms with Crippen molar-refractivity contribution in [2.45, 2.75) is 11.8 Å². The van der Waals surface area contributed by atoms with Crippen molar-refractivity contribution in [2.24, 2.45) is 5.92 Å². The number of halogens is 1. The molecule has 3 aromatic carbocycles. The monoisotopic (exact) mass is 451 g/mol. The fraction of sp³-hybridized carbons (Fsp3) is 0.208. The summed E-state index contributed by atoms with van der Waals surface area (Å²) in [5.41, 5.74) is 2.51. The average molecular weight is 452 g/mol. The molecule has 1 fully saturated rings. The Hall–Kier alpha value is -2.79. The Balaban J connectivity index is 1.71. The molecule has 1 N–H and O–H groups in total. The molecule has 4 nitrogen and oxygen atoms in total. The highest BCUT2D eigenvalue weighted by molar-refractivity contribution is 9.10. The second-order valence-corrected chi connectivity index (χ2v) is 8.11. The molecule has 1 atom stereocenters. The van der Waals surface area contributed by atoms with Crippen molar-refractivity contribution >= 4 is 27.5 Å². The van der Waals surface area contributed by atoms with Crippen LogP contribution in [0.25, 0.3) is 0 Å². The maximum Gasteiger partial charge on any atom is 0.228 e. The number of nitrogens with one attached hydrogen (secondary N) is 1. The van der Waals surface area contributed by atoms with Crippen molar-refractivity contribution in [3.63, 3.8) is 0 Å². The first kappa shape index (κ1) is 19.5. The quantitative estimate of drug-likeness (QED) is 0.544. The lowest BCUT2D eigenvalue weighted by molar-refractivity contribution is -0.117. The van der Waals surface area contributed by atoms with E-state index in [1.807, 2.05) is 60.7 Å². The van der Waals surface area contributed by atoms with E-state index in [2.05, 4.69) is 33.4 Å². The predicted octanol–water partition coefficient (Wildman–Crippen LogP) is 5.41. The first-order valence-corrected chi connectivity index (χ1v) is 10.2. The van der Waals surface area contributed by atoms with Gasteiger partial charge in [-0.3, -0.25) is 4.79 Å². The van der Waals surface area contributed by atoms with E-state index >= 15 is 0 Å². The number of hydrogen-bond donors (Lipinski definition) is 1. The zero-order valence-electron chi connectivity index (χ0n) is 16.3. The van der Waals surface area contributed by atoms with Gasteiger partial charge in [0.25, 0.3) is 0 Å². The number of methoxy groups -OCH3 is 2. The largest absolute Gasteiger partial charge is 0.497 e. The fourth-order valence-electron chi connectivity index (χ4n) is 3.98. The Labute approximate surface area is 179 Å². The Morgan fingerprint density at radius 3 is 2.07 bits per heavy atom. The van der Waals surface area contributed by atoms with Crippen LogP contribution >= 0.6 is 15.9 Å². The van der Waals surface area contributed by atoms with Gasteiger partial charge in [0.05, 0.1) is 20.1 Å². The lowest BCUT2D eigenvalue weighted by atomic mass is 9.85. The molecule has 0 bridgehead atoms. The normalized spacial score (nSPS) is 16.7. The van der Waals surface area contributed by atoms with Gasteiger partial charge in [-0.25, -0.2) is 0 Å². The topological polar surface area (TPSA) is 47.6 Å². The third-order valence-electron chi connectivity index (χ3n) is 5.54. The lowest BCUT2D eigenvalue weighted by Crippen LogP contribution is -2.22. The molecular formula is C24H22BrNO3. The summed E-state index contributed by atoms with van der Waals surface area (Å²) < 4.78 is 11.8. The van der Waals surface area contributed by atoms with Crippen molar-refractivity contribution in [3.8, 4) is 11.5 Å². The summed E-state index contributed by atoms with van der Waals surface area (Å²) in [6.07, 6.45) is 0.729. The molecule has 1 unspecified atom stereocenters. The van der Waals surface area contributed by atoms with Crippen LogP contribution in [0.3, 0.4) is 0 Å². The second kappa shape index (κ2) is 7.91. The third-order valence-corrected chi connectivity index (χ3v) is 6.03. The summed E-state index contributed by atoms with van der Waals surface area (Å²) >= 11 is 3.45. The Morgan fingerprint density at radius 1 is 0.931 bits per heavy atom. The van der Waals surface area contributed by atoms with Crippen LogP contribution in [0, 0.1) is 5.92 Å². The summed E-state index contributed by atoms with van der Waals surface area (Å²) in [4.78, 5) is 13.2. The number of hydrogen-bond acceptors (Lipinski definition) is 3. The number of anilines is 1. The standard InChI is InChI=1S/C24H22BrNO3/c1-28-20-10-3-6-16(12-20)24(17-7-4-11-21(13-17)29-2)15-22(24)23(27)26-19-9-5-8-18(25)14-19/h3-14,22H,15H2,1-2H3,(H,26,27). The first-order chi connectivity index (χ1) is 14.1. The molecular weight excluding hydrogens is 430 g/mol. The molecule has 1 amide bonds. The van der Waals surface area contributed by atoms with Crippen molar-refractivity contribution < 1.29 is 14.3 Å². The van der Waals surface area contributed by atoms with Crippen molar-refractivity contribution in [2.75, 3.05) is 19.5 Å². The summed E-state index contributed by atoms with van der Waals surface area (Å²) in [6.45, 7) is 0. The molecule has 0 aromatic heterocycles. The van der Waals surface area contributed by atoms with E-state index in [9.17, 15) is 4.79 Å². The number of rotatable bonds is 6. The van der Waals surface area contributed by atoms with E-state index in [1.54, 1.807) is 14.2 Å². The van der Waals surface area contributed by atoms with E-state index in [4.69, 9.17) is 9.47 Å².